The molecule has 1 unspecified atom stereocenters. The maximum Gasteiger partial charge on any atom is 0.364 e. The van der Waals surface area contributed by atoms with Crippen molar-refractivity contribution in [1.82, 2.24) is 0 Å². The van der Waals surface area contributed by atoms with Crippen molar-refractivity contribution in [3.63, 3.8) is 0 Å². The molecule has 0 radical (unpaired) electrons. The first-order valence-corrected chi connectivity index (χ1v) is 8.79. The average molecular weight is 353 g/mol. The first-order valence-electron chi connectivity index (χ1n) is 8.79. The van der Waals surface area contributed by atoms with Crippen molar-refractivity contribution in [3.8, 4) is 5.75 Å². The zero-order chi connectivity index (χ0) is 18.6. The molecule has 3 rings (SSSR count). The summed E-state index contributed by atoms with van der Waals surface area (Å²) >= 11 is 0. The van der Waals surface area contributed by atoms with Crippen LogP contribution in [0.2, 0.25) is 0 Å². The van der Waals surface area contributed by atoms with Crippen molar-refractivity contribution in [2.24, 2.45) is 5.73 Å². The Labute approximate surface area is 152 Å². The van der Waals surface area contributed by atoms with Crippen LogP contribution in [-0.2, 0) is 17.6 Å². The number of nitrogens with two attached hydrogens (primary N) is 1. The molecule has 0 aliphatic carbocycles. The molecular formula is C21H23NO4. The summed E-state index contributed by atoms with van der Waals surface area (Å²) in [7, 11) is 0. The minimum atomic E-state index is -1.88. The highest BCUT2D eigenvalue weighted by molar-refractivity contribution is 5.84. The van der Waals surface area contributed by atoms with E-state index in [1.807, 2.05) is 30.3 Å². The second-order valence-corrected chi connectivity index (χ2v) is 6.39. The maximum atomic E-state index is 11.9. The van der Waals surface area contributed by atoms with E-state index in [2.05, 4.69) is 6.92 Å². The number of carbonyl (C=O) groups is 1. The van der Waals surface area contributed by atoms with Crippen molar-refractivity contribution in [2.75, 3.05) is 0 Å². The highest BCUT2D eigenvalue weighted by Gasteiger charge is 2.39. The highest BCUT2D eigenvalue weighted by Crippen LogP contribution is 2.31. The van der Waals surface area contributed by atoms with Gasteiger partial charge in [-0.05, 0) is 24.6 Å². The maximum absolute atomic E-state index is 11.9. The molecule has 2 aromatic carbocycles. The molecule has 0 saturated carbocycles. The molecule has 1 heterocycles. The van der Waals surface area contributed by atoms with Gasteiger partial charge in [0.2, 0.25) is 0 Å². The highest BCUT2D eigenvalue weighted by atomic mass is 16.5. The predicted octanol–water partition coefficient (Wildman–Crippen LogP) is 4.14. The standard InChI is InChI=1S/C21H23NO4/c1-2-3-12-19-17(16-11-7-8-13-18(16)25-19)14-21(22,20(23)24)26-15-9-5-4-6-10-15/h4-11,13H,2-3,12,14,22H2,1H3,(H,23,24). The van der Waals surface area contributed by atoms with Crippen molar-refractivity contribution in [2.45, 2.75) is 38.3 Å². The van der Waals surface area contributed by atoms with Crippen LogP contribution in [0.25, 0.3) is 11.0 Å². The Morgan fingerprint density at radius 3 is 2.54 bits per heavy atom. The summed E-state index contributed by atoms with van der Waals surface area (Å²) in [6.07, 6.45) is 2.73. The Bertz CT molecular complexity index is 887. The van der Waals surface area contributed by atoms with Gasteiger partial charge in [-0.15, -0.1) is 0 Å². The van der Waals surface area contributed by atoms with Gasteiger partial charge < -0.3 is 14.3 Å². The number of fused-ring (bicyclic) bond motifs is 1. The van der Waals surface area contributed by atoms with E-state index in [-0.39, 0.29) is 6.42 Å². The van der Waals surface area contributed by atoms with Crippen molar-refractivity contribution in [1.29, 1.82) is 0 Å². The molecule has 26 heavy (non-hydrogen) atoms. The first kappa shape index (κ1) is 18.0. The van der Waals surface area contributed by atoms with Crippen LogP contribution in [0.15, 0.2) is 59.0 Å². The van der Waals surface area contributed by atoms with E-state index in [1.165, 1.54) is 0 Å². The van der Waals surface area contributed by atoms with Crippen LogP contribution in [0.4, 0.5) is 0 Å². The van der Waals surface area contributed by atoms with Crippen LogP contribution >= 0.6 is 0 Å². The molecule has 0 aliphatic heterocycles. The molecule has 0 bridgehead atoms. The van der Waals surface area contributed by atoms with Crippen LogP contribution < -0.4 is 10.5 Å². The molecule has 0 aliphatic rings. The Kier molecular flexibility index (Phi) is 5.28. The van der Waals surface area contributed by atoms with Crippen LogP contribution in [0, 0.1) is 0 Å². The van der Waals surface area contributed by atoms with Gasteiger partial charge >= 0.3 is 5.97 Å². The van der Waals surface area contributed by atoms with E-state index in [4.69, 9.17) is 14.9 Å². The van der Waals surface area contributed by atoms with Crippen LogP contribution in [-0.4, -0.2) is 16.8 Å². The number of aryl methyl sites for hydroxylation is 1. The van der Waals surface area contributed by atoms with Crippen LogP contribution in [0.5, 0.6) is 5.75 Å². The Morgan fingerprint density at radius 2 is 1.85 bits per heavy atom. The number of unbranched alkanes of at least 4 members (excludes halogenated alkanes) is 1. The van der Waals surface area contributed by atoms with E-state index in [0.717, 1.165) is 41.6 Å². The molecule has 1 aromatic heterocycles. The molecule has 0 amide bonds. The van der Waals surface area contributed by atoms with Gasteiger partial charge in [-0.1, -0.05) is 49.7 Å². The number of hydrogen-bond acceptors (Lipinski definition) is 4. The first-order chi connectivity index (χ1) is 12.5. The number of carboxylic acids is 1. The van der Waals surface area contributed by atoms with Gasteiger partial charge in [0, 0.05) is 23.8 Å². The monoisotopic (exact) mass is 353 g/mol. The molecule has 3 N–H and O–H groups in total. The lowest BCUT2D eigenvalue weighted by molar-refractivity contribution is -0.154. The second kappa shape index (κ2) is 7.62. The topological polar surface area (TPSA) is 85.7 Å². The molecule has 5 nitrogen and oxygen atoms in total. The lowest BCUT2D eigenvalue weighted by atomic mass is 9.98. The number of aliphatic carboxylic acids is 1. The normalized spacial score (nSPS) is 13.5. The largest absolute Gasteiger partial charge is 0.477 e. The lowest BCUT2D eigenvalue weighted by Crippen LogP contribution is -2.55. The fraction of sp³-hybridized carbons (Fsp3) is 0.286. The van der Waals surface area contributed by atoms with Gasteiger partial charge in [-0.2, -0.15) is 0 Å². The molecule has 3 aromatic rings. The smallest absolute Gasteiger partial charge is 0.364 e. The summed E-state index contributed by atoms with van der Waals surface area (Å²) in [4.78, 5) is 11.9. The van der Waals surface area contributed by atoms with Crippen molar-refractivity contribution >= 4 is 16.9 Å². The quantitative estimate of drug-likeness (QED) is 0.595. The third kappa shape index (κ3) is 3.73. The predicted molar refractivity (Wildman–Crippen MR) is 100 cm³/mol. The number of ether oxygens (including phenoxy) is 1. The lowest BCUT2D eigenvalue weighted by Gasteiger charge is -2.26. The fourth-order valence-electron chi connectivity index (χ4n) is 3.00. The fourth-order valence-corrected chi connectivity index (χ4v) is 3.00. The Morgan fingerprint density at radius 1 is 1.15 bits per heavy atom. The molecule has 5 heteroatoms. The number of furan rings is 1. The minimum Gasteiger partial charge on any atom is -0.477 e. The molecule has 0 spiro atoms. The van der Waals surface area contributed by atoms with Gasteiger partial charge in [-0.25, -0.2) is 4.79 Å². The summed E-state index contributed by atoms with van der Waals surface area (Å²) in [6.45, 7) is 2.10. The van der Waals surface area contributed by atoms with Crippen LogP contribution in [0.3, 0.4) is 0 Å². The van der Waals surface area contributed by atoms with Gasteiger partial charge in [0.25, 0.3) is 5.72 Å². The van der Waals surface area contributed by atoms with Crippen molar-refractivity contribution in [3.05, 3.63) is 65.9 Å². The summed E-state index contributed by atoms with van der Waals surface area (Å²) in [5, 5.41) is 10.6. The minimum absolute atomic E-state index is 0.0211. The molecule has 0 saturated heterocycles. The number of benzene rings is 2. The van der Waals surface area contributed by atoms with E-state index in [9.17, 15) is 9.90 Å². The second-order valence-electron chi connectivity index (χ2n) is 6.39. The van der Waals surface area contributed by atoms with Crippen LogP contribution in [0.1, 0.15) is 31.1 Å². The van der Waals surface area contributed by atoms with E-state index >= 15 is 0 Å². The number of carboxylic acid groups (broad SMARTS) is 1. The van der Waals surface area contributed by atoms with E-state index in [1.54, 1.807) is 24.3 Å². The van der Waals surface area contributed by atoms with E-state index < -0.39 is 11.7 Å². The number of para-hydroxylation sites is 2. The molecule has 0 fully saturated rings. The van der Waals surface area contributed by atoms with E-state index in [0.29, 0.717) is 5.75 Å². The van der Waals surface area contributed by atoms with Crippen molar-refractivity contribution < 1.29 is 19.1 Å². The van der Waals surface area contributed by atoms with Gasteiger partial charge in [0.15, 0.2) is 0 Å². The Balaban J connectivity index is 1.99. The summed E-state index contributed by atoms with van der Waals surface area (Å²) < 4.78 is 11.7. The number of rotatable bonds is 8. The SMILES string of the molecule is CCCCc1oc2ccccc2c1CC(N)(Oc1ccccc1)C(=O)O. The summed E-state index contributed by atoms with van der Waals surface area (Å²) in [6, 6.07) is 16.4. The van der Waals surface area contributed by atoms with Gasteiger partial charge in [0.1, 0.15) is 17.1 Å². The molecule has 1 atom stereocenters. The third-order valence-corrected chi connectivity index (χ3v) is 4.38. The summed E-state index contributed by atoms with van der Waals surface area (Å²) in [5.41, 5.74) is 5.85. The zero-order valence-electron chi connectivity index (χ0n) is 14.8. The zero-order valence-corrected chi connectivity index (χ0v) is 14.8. The number of hydrogen-bond donors (Lipinski definition) is 2. The van der Waals surface area contributed by atoms with Gasteiger partial charge in [-0.3, -0.25) is 5.73 Å². The molecular weight excluding hydrogens is 330 g/mol. The third-order valence-electron chi connectivity index (χ3n) is 4.38. The Hall–Kier alpha value is -2.79. The molecule has 136 valence electrons. The van der Waals surface area contributed by atoms with Gasteiger partial charge in [0.05, 0.1) is 0 Å². The summed E-state index contributed by atoms with van der Waals surface area (Å²) in [5.74, 6) is -0.0193. The average Bonchev–Trinajstić information content (AvgIpc) is 2.98.